The van der Waals surface area contributed by atoms with E-state index in [-0.39, 0.29) is 18.1 Å². The van der Waals surface area contributed by atoms with E-state index in [0.717, 1.165) is 29.9 Å². The van der Waals surface area contributed by atoms with Crippen LogP contribution in [0.2, 0.25) is 0 Å². The Labute approximate surface area is 148 Å². The van der Waals surface area contributed by atoms with Crippen LogP contribution < -0.4 is 10.6 Å². The highest BCUT2D eigenvalue weighted by Gasteiger charge is 2.28. The summed E-state index contributed by atoms with van der Waals surface area (Å²) in [5.74, 6) is -1.65. The molecule has 0 saturated heterocycles. The molecular weight excluding hydrogens is 330 g/mol. The van der Waals surface area contributed by atoms with Crippen molar-refractivity contribution in [3.8, 4) is 0 Å². The van der Waals surface area contributed by atoms with E-state index >= 15 is 0 Å². The molecule has 7 heteroatoms. The van der Waals surface area contributed by atoms with Crippen molar-refractivity contribution in [3.05, 3.63) is 23.8 Å². The lowest BCUT2D eigenvalue weighted by molar-refractivity contribution is -0.0262. The molecule has 0 heterocycles. The van der Waals surface area contributed by atoms with Crippen molar-refractivity contribution in [3.63, 3.8) is 0 Å². The maximum Gasteiger partial charge on any atom is 0.416 e. The molecule has 2 N–H and O–H groups in total. The number of halogens is 2. The minimum Gasteiger partial charge on any atom is -0.443 e. The molecule has 0 fully saturated rings. The number of anilines is 2. The van der Waals surface area contributed by atoms with Gasteiger partial charge in [-0.1, -0.05) is 13.3 Å². The first-order valence-corrected chi connectivity index (χ1v) is 8.25. The first kappa shape index (κ1) is 21.2. The zero-order valence-electron chi connectivity index (χ0n) is 15.8. The quantitative estimate of drug-likeness (QED) is 0.584. The Balaban J connectivity index is 3.15. The number of rotatable bonds is 6. The maximum absolute atomic E-state index is 14.3. The number of ether oxygens (including phenoxy) is 2. The Morgan fingerprint density at radius 2 is 1.76 bits per heavy atom. The topological polar surface area (TPSA) is 64.8 Å². The Hall–Kier alpha value is -1.89. The predicted octanol–water partition coefficient (Wildman–Crippen LogP) is 4.84. The molecule has 0 aliphatic heterocycles. The first-order chi connectivity index (χ1) is 11.4. The maximum atomic E-state index is 14.3. The second-order valence-corrected chi connectivity index (χ2v) is 7.52. The zero-order chi connectivity index (χ0) is 19.4. The molecule has 0 bridgehead atoms. The molecule has 5 nitrogen and oxygen atoms in total. The SMILES string of the molecule is CCCC(C)(C)OCN(C(=O)OC(C)(C)C)c1cc(F)c(N)cc1F. The molecule has 0 aromatic heterocycles. The van der Waals surface area contributed by atoms with E-state index in [0.29, 0.717) is 0 Å². The molecule has 1 aromatic carbocycles. The fourth-order valence-electron chi connectivity index (χ4n) is 2.21. The molecule has 0 atom stereocenters. The van der Waals surface area contributed by atoms with Crippen molar-refractivity contribution in [2.24, 2.45) is 0 Å². The summed E-state index contributed by atoms with van der Waals surface area (Å²) in [6, 6.07) is 1.70. The van der Waals surface area contributed by atoms with Crippen LogP contribution in [-0.2, 0) is 9.47 Å². The number of hydrogen-bond acceptors (Lipinski definition) is 4. The summed E-state index contributed by atoms with van der Waals surface area (Å²) in [6.45, 7) is 10.5. The van der Waals surface area contributed by atoms with Gasteiger partial charge in [0.05, 0.1) is 17.0 Å². The van der Waals surface area contributed by atoms with Crippen molar-refractivity contribution in [1.82, 2.24) is 0 Å². The number of nitrogens with zero attached hydrogens (tertiary/aromatic N) is 1. The van der Waals surface area contributed by atoms with Gasteiger partial charge in [-0.15, -0.1) is 0 Å². The summed E-state index contributed by atoms with van der Waals surface area (Å²) in [4.78, 5) is 13.4. The lowest BCUT2D eigenvalue weighted by atomic mass is 10.0. The van der Waals surface area contributed by atoms with E-state index in [4.69, 9.17) is 15.2 Å². The minimum absolute atomic E-state index is 0.276. The van der Waals surface area contributed by atoms with E-state index in [1.54, 1.807) is 20.8 Å². The van der Waals surface area contributed by atoms with Gasteiger partial charge >= 0.3 is 6.09 Å². The second-order valence-electron chi connectivity index (χ2n) is 7.52. The summed E-state index contributed by atoms with van der Waals surface area (Å²) < 4.78 is 39.1. The van der Waals surface area contributed by atoms with Crippen molar-refractivity contribution in [1.29, 1.82) is 0 Å². The van der Waals surface area contributed by atoms with Crippen LogP contribution in [0.25, 0.3) is 0 Å². The number of amides is 1. The number of carbonyl (C=O) groups excluding carboxylic acids is 1. The van der Waals surface area contributed by atoms with Crippen molar-refractivity contribution in [2.45, 2.75) is 65.6 Å². The number of carbonyl (C=O) groups is 1. The molecule has 1 rings (SSSR count). The van der Waals surface area contributed by atoms with Crippen LogP contribution in [0.4, 0.5) is 25.0 Å². The average molecular weight is 358 g/mol. The van der Waals surface area contributed by atoms with Gasteiger partial charge in [0.25, 0.3) is 0 Å². The lowest BCUT2D eigenvalue weighted by Gasteiger charge is -2.31. The van der Waals surface area contributed by atoms with Crippen LogP contribution in [0, 0.1) is 11.6 Å². The van der Waals surface area contributed by atoms with Gasteiger partial charge in [0.1, 0.15) is 24.0 Å². The van der Waals surface area contributed by atoms with Gasteiger partial charge in [-0.25, -0.2) is 13.6 Å². The van der Waals surface area contributed by atoms with Gasteiger partial charge in [-0.2, -0.15) is 0 Å². The highest BCUT2D eigenvalue weighted by Crippen LogP contribution is 2.27. The van der Waals surface area contributed by atoms with Crippen LogP contribution in [0.1, 0.15) is 54.4 Å². The van der Waals surface area contributed by atoms with Gasteiger partial charge in [0.15, 0.2) is 0 Å². The normalized spacial score (nSPS) is 12.2. The summed E-state index contributed by atoms with van der Waals surface area (Å²) in [7, 11) is 0. The van der Waals surface area contributed by atoms with E-state index in [9.17, 15) is 13.6 Å². The largest absolute Gasteiger partial charge is 0.443 e. The zero-order valence-corrected chi connectivity index (χ0v) is 15.8. The molecule has 1 amide bonds. The molecule has 0 spiro atoms. The fourth-order valence-corrected chi connectivity index (χ4v) is 2.21. The van der Waals surface area contributed by atoms with Crippen molar-refractivity contribution >= 4 is 17.5 Å². The molecule has 0 aliphatic carbocycles. The van der Waals surface area contributed by atoms with Crippen LogP contribution in [0.3, 0.4) is 0 Å². The van der Waals surface area contributed by atoms with Gasteiger partial charge in [0, 0.05) is 12.1 Å². The Morgan fingerprint density at radius 1 is 1.16 bits per heavy atom. The van der Waals surface area contributed by atoms with Gasteiger partial charge in [-0.3, -0.25) is 4.90 Å². The molecule has 142 valence electrons. The number of benzene rings is 1. The lowest BCUT2D eigenvalue weighted by Crippen LogP contribution is -2.41. The van der Waals surface area contributed by atoms with Crippen LogP contribution >= 0.6 is 0 Å². The number of nitrogen functional groups attached to an aromatic ring is 1. The van der Waals surface area contributed by atoms with Crippen molar-refractivity contribution in [2.75, 3.05) is 17.4 Å². The highest BCUT2D eigenvalue weighted by molar-refractivity contribution is 5.88. The van der Waals surface area contributed by atoms with Gasteiger partial charge in [0.2, 0.25) is 0 Å². The standard InChI is InChI=1S/C18H28F2N2O3/c1-7-8-18(5,6)24-11-22(16(23)25-17(2,3)4)15-10-12(19)14(21)9-13(15)20/h9-10H,7-8,11,21H2,1-6H3. The molecule has 0 aliphatic rings. The van der Waals surface area contributed by atoms with E-state index in [2.05, 4.69) is 0 Å². The Bertz CT molecular complexity index is 613. The fraction of sp³-hybridized carbons (Fsp3) is 0.611. The molecule has 0 saturated carbocycles. The monoisotopic (exact) mass is 358 g/mol. The van der Waals surface area contributed by atoms with E-state index in [1.807, 2.05) is 20.8 Å². The molecule has 1 aromatic rings. The van der Waals surface area contributed by atoms with Crippen LogP contribution in [-0.4, -0.2) is 24.0 Å². The summed E-state index contributed by atoms with van der Waals surface area (Å²) in [6.07, 6.45) is 0.792. The second kappa shape index (κ2) is 7.99. The molecular formula is C18H28F2N2O3. The van der Waals surface area contributed by atoms with Crippen LogP contribution in [0.15, 0.2) is 12.1 Å². The summed E-state index contributed by atoms with van der Waals surface area (Å²) in [5, 5.41) is 0. The highest BCUT2D eigenvalue weighted by atomic mass is 19.1. The molecule has 25 heavy (non-hydrogen) atoms. The van der Waals surface area contributed by atoms with E-state index in [1.165, 1.54) is 0 Å². The minimum atomic E-state index is -0.832. The van der Waals surface area contributed by atoms with E-state index < -0.39 is 28.9 Å². The molecule has 0 unspecified atom stereocenters. The summed E-state index contributed by atoms with van der Waals surface area (Å²) in [5.41, 5.74) is 3.43. The van der Waals surface area contributed by atoms with Crippen molar-refractivity contribution < 1.29 is 23.0 Å². The third-order valence-corrected chi connectivity index (χ3v) is 3.41. The summed E-state index contributed by atoms with van der Waals surface area (Å²) >= 11 is 0. The molecule has 0 radical (unpaired) electrons. The third kappa shape index (κ3) is 6.49. The average Bonchev–Trinajstić information content (AvgIpc) is 2.42. The van der Waals surface area contributed by atoms with Gasteiger partial charge < -0.3 is 15.2 Å². The van der Waals surface area contributed by atoms with Crippen LogP contribution in [0.5, 0.6) is 0 Å². The Kier molecular flexibility index (Phi) is 6.76. The first-order valence-electron chi connectivity index (χ1n) is 8.25. The predicted molar refractivity (Wildman–Crippen MR) is 94.4 cm³/mol. The number of nitrogens with two attached hydrogens (primary N) is 1. The number of hydrogen-bond donors (Lipinski definition) is 1. The van der Waals surface area contributed by atoms with Gasteiger partial charge in [-0.05, 0) is 41.0 Å². The third-order valence-electron chi connectivity index (χ3n) is 3.41. The Morgan fingerprint density at radius 3 is 2.28 bits per heavy atom. The smallest absolute Gasteiger partial charge is 0.416 e.